The number of halogens is 3. The molecule has 2 atom stereocenters. The molecule has 0 aliphatic carbocycles. The van der Waals surface area contributed by atoms with Crippen molar-refractivity contribution < 1.29 is 18.6 Å². The lowest BCUT2D eigenvalue weighted by molar-refractivity contribution is 0.169. The molecular weight excluding hydrogens is 480 g/mol. The Balaban J connectivity index is 1.48. The van der Waals surface area contributed by atoms with E-state index in [-0.39, 0.29) is 41.1 Å². The molecule has 0 saturated carbocycles. The van der Waals surface area contributed by atoms with E-state index in [9.17, 15) is 18.7 Å². The highest BCUT2D eigenvalue weighted by Gasteiger charge is 2.26. The van der Waals surface area contributed by atoms with Gasteiger partial charge in [-0.05, 0) is 24.6 Å². The minimum Gasteiger partial charge on any atom is -0.394 e. The summed E-state index contributed by atoms with van der Waals surface area (Å²) in [4.78, 5) is 17.6. The maximum atomic E-state index is 14.1. The fraction of sp³-hybridized carbons (Fsp3) is 0.292. The van der Waals surface area contributed by atoms with Gasteiger partial charge in [0, 0.05) is 30.4 Å². The van der Waals surface area contributed by atoms with Crippen LogP contribution in [-0.2, 0) is 11.3 Å². The highest BCUT2D eigenvalue weighted by Crippen LogP contribution is 2.25. The first-order valence-electron chi connectivity index (χ1n) is 11.1. The number of aliphatic hydroxyl groups excluding tert-OH is 1. The lowest BCUT2D eigenvalue weighted by Crippen LogP contribution is -2.33. The molecule has 1 aliphatic rings. The number of aliphatic hydroxyl groups is 1. The third-order valence-corrected chi connectivity index (χ3v) is 6.53. The fourth-order valence-electron chi connectivity index (χ4n) is 4.29. The first kappa shape index (κ1) is 23.4. The summed E-state index contributed by atoms with van der Waals surface area (Å²) in [6.45, 7) is 0.939. The molecule has 1 aliphatic heterocycles. The molecule has 0 radical (unpaired) electrons. The van der Waals surface area contributed by atoms with Crippen LogP contribution in [-0.4, -0.2) is 50.3 Å². The van der Waals surface area contributed by atoms with Gasteiger partial charge in [0.25, 0.3) is 5.56 Å². The number of rotatable bonds is 7. The molecule has 2 N–H and O–H groups in total. The van der Waals surface area contributed by atoms with Crippen molar-refractivity contribution in [3.63, 3.8) is 0 Å². The molecule has 0 spiro atoms. The molecule has 8 nitrogen and oxygen atoms in total. The SMILES string of the molecule is O=c1c2cnn(Cc3c(F)cccc3F)c2ccn1-c1cc(NC(CO)C2CCOC2)ncc1Cl. The van der Waals surface area contributed by atoms with Crippen LogP contribution in [0.15, 0.2) is 53.7 Å². The van der Waals surface area contributed by atoms with E-state index in [1.54, 1.807) is 12.1 Å². The molecule has 182 valence electrons. The summed E-state index contributed by atoms with van der Waals surface area (Å²) in [5.41, 5.74) is 0.285. The van der Waals surface area contributed by atoms with Gasteiger partial charge in [0.15, 0.2) is 0 Å². The summed E-state index contributed by atoms with van der Waals surface area (Å²) in [7, 11) is 0. The molecule has 5 rings (SSSR count). The Labute approximate surface area is 203 Å². The van der Waals surface area contributed by atoms with Crippen molar-refractivity contribution in [3.8, 4) is 5.69 Å². The predicted molar refractivity (Wildman–Crippen MR) is 127 cm³/mol. The van der Waals surface area contributed by atoms with E-state index in [2.05, 4.69) is 15.4 Å². The number of anilines is 1. The van der Waals surface area contributed by atoms with Crippen LogP contribution in [0.25, 0.3) is 16.6 Å². The van der Waals surface area contributed by atoms with Crippen LogP contribution in [0.4, 0.5) is 14.6 Å². The monoisotopic (exact) mass is 501 g/mol. The van der Waals surface area contributed by atoms with Gasteiger partial charge in [0.2, 0.25) is 0 Å². The third kappa shape index (κ3) is 4.52. The van der Waals surface area contributed by atoms with Crippen molar-refractivity contribution in [1.29, 1.82) is 0 Å². The zero-order chi connectivity index (χ0) is 24.5. The van der Waals surface area contributed by atoms with Gasteiger partial charge in [-0.15, -0.1) is 0 Å². The van der Waals surface area contributed by atoms with E-state index >= 15 is 0 Å². The molecule has 0 bridgehead atoms. The Morgan fingerprint density at radius 3 is 2.77 bits per heavy atom. The summed E-state index contributed by atoms with van der Waals surface area (Å²) >= 11 is 6.38. The largest absolute Gasteiger partial charge is 0.394 e. The standard InChI is InChI=1S/C24H22ClF2N5O3/c25-17-10-28-23(30-20(12-33)14-5-7-35-13-14)8-22(17)31-6-4-21-15(24(31)34)9-29-32(21)11-16-18(26)2-1-3-19(16)27/h1-4,6,8-10,14,20,33H,5,7,11-13H2,(H,28,30). The number of pyridine rings is 2. The number of fused-ring (bicyclic) bond motifs is 1. The van der Waals surface area contributed by atoms with Crippen LogP contribution in [0, 0.1) is 17.6 Å². The minimum absolute atomic E-state index is 0.0959. The second kappa shape index (κ2) is 9.73. The lowest BCUT2D eigenvalue weighted by atomic mass is 10.00. The minimum atomic E-state index is -0.684. The fourth-order valence-corrected chi connectivity index (χ4v) is 4.49. The Morgan fingerprint density at radius 1 is 1.26 bits per heavy atom. The van der Waals surface area contributed by atoms with Crippen LogP contribution in [0.3, 0.4) is 0 Å². The molecule has 3 aromatic heterocycles. The summed E-state index contributed by atoms with van der Waals surface area (Å²) in [5, 5.41) is 17.7. The van der Waals surface area contributed by atoms with E-state index in [0.29, 0.717) is 30.2 Å². The molecule has 4 heterocycles. The normalized spacial score (nSPS) is 16.6. The van der Waals surface area contributed by atoms with Crippen LogP contribution < -0.4 is 10.9 Å². The first-order chi connectivity index (χ1) is 17.0. The van der Waals surface area contributed by atoms with Gasteiger partial charge in [0.05, 0.1) is 59.8 Å². The van der Waals surface area contributed by atoms with Crippen molar-refractivity contribution in [2.75, 3.05) is 25.1 Å². The maximum absolute atomic E-state index is 14.1. The van der Waals surface area contributed by atoms with Crippen molar-refractivity contribution in [2.24, 2.45) is 5.92 Å². The first-order valence-corrected chi connectivity index (χ1v) is 11.4. The van der Waals surface area contributed by atoms with Gasteiger partial charge in [-0.1, -0.05) is 17.7 Å². The highest BCUT2D eigenvalue weighted by atomic mass is 35.5. The molecule has 1 fully saturated rings. The average molecular weight is 502 g/mol. The Bertz CT molecular complexity index is 1410. The van der Waals surface area contributed by atoms with Gasteiger partial charge in [-0.2, -0.15) is 5.10 Å². The van der Waals surface area contributed by atoms with Gasteiger partial charge >= 0.3 is 0 Å². The van der Waals surface area contributed by atoms with Crippen LogP contribution in [0.2, 0.25) is 5.02 Å². The van der Waals surface area contributed by atoms with E-state index in [1.165, 1.54) is 46.0 Å². The number of benzene rings is 1. The van der Waals surface area contributed by atoms with E-state index in [1.807, 2.05) is 0 Å². The van der Waals surface area contributed by atoms with E-state index < -0.39 is 17.2 Å². The number of hydrogen-bond donors (Lipinski definition) is 2. The summed E-state index contributed by atoms with van der Waals surface area (Å²) in [6, 6.07) is 6.66. The smallest absolute Gasteiger partial charge is 0.266 e. The third-order valence-electron chi connectivity index (χ3n) is 6.24. The number of nitrogens with one attached hydrogen (secondary N) is 1. The zero-order valence-corrected chi connectivity index (χ0v) is 19.3. The summed E-state index contributed by atoms with van der Waals surface area (Å²) in [6.07, 6.45) is 5.15. The molecular formula is C24H22ClF2N5O3. The predicted octanol–water partition coefficient (Wildman–Crippen LogP) is 3.37. The maximum Gasteiger partial charge on any atom is 0.266 e. The quantitative estimate of drug-likeness (QED) is 0.403. The molecule has 11 heteroatoms. The Hall–Kier alpha value is -3.34. The van der Waals surface area contributed by atoms with Crippen molar-refractivity contribution in [3.05, 3.63) is 81.5 Å². The van der Waals surface area contributed by atoms with Gasteiger partial charge in [-0.25, -0.2) is 13.8 Å². The Morgan fingerprint density at radius 2 is 2.06 bits per heavy atom. The number of nitrogens with zero attached hydrogens (tertiary/aromatic N) is 4. The Kier molecular flexibility index (Phi) is 6.50. The van der Waals surface area contributed by atoms with Crippen molar-refractivity contribution in [1.82, 2.24) is 19.3 Å². The topological polar surface area (TPSA) is 94.2 Å². The second-order valence-electron chi connectivity index (χ2n) is 8.37. The van der Waals surface area contributed by atoms with Gasteiger partial charge < -0.3 is 15.2 Å². The van der Waals surface area contributed by atoms with Crippen molar-refractivity contribution >= 4 is 28.3 Å². The van der Waals surface area contributed by atoms with Crippen LogP contribution in [0.5, 0.6) is 0 Å². The molecule has 35 heavy (non-hydrogen) atoms. The summed E-state index contributed by atoms with van der Waals surface area (Å²) in [5.74, 6) is -0.773. The molecule has 1 aromatic carbocycles. The van der Waals surface area contributed by atoms with E-state index in [4.69, 9.17) is 16.3 Å². The number of ether oxygens (including phenoxy) is 1. The van der Waals surface area contributed by atoms with Crippen LogP contribution >= 0.6 is 11.6 Å². The zero-order valence-electron chi connectivity index (χ0n) is 18.5. The van der Waals surface area contributed by atoms with Crippen molar-refractivity contribution in [2.45, 2.75) is 19.0 Å². The molecule has 1 saturated heterocycles. The van der Waals surface area contributed by atoms with Gasteiger partial charge in [0.1, 0.15) is 17.5 Å². The van der Waals surface area contributed by atoms with E-state index in [0.717, 1.165) is 6.42 Å². The molecule has 2 unspecified atom stereocenters. The average Bonchev–Trinajstić information content (AvgIpc) is 3.52. The second-order valence-corrected chi connectivity index (χ2v) is 8.78. The highest BCUT2D eigenvalue weighted by molar-refractivity contribution is 6.32. The van der Waals surface area contributed by atoms with Gasteiger partial charge in [-0.3, -0.25) is 14.0 Å². The molecule has 4 aromatic rings. The lowest BCUT2D eigenvalue weighted by Gasteiger charge is -2.22. The number of hydrogen-bond acceptors (Lipinski definition) is 6. The summed E-state index contributed by atoms with van der Waals surface area (Å²) < 4.78 is 36.4. The molecule has 0 amide bonds. The van der Waals surface area contributed by atoms with Crippen LogP contribution in [0.1, 0.15) is 12.0 Å². The number of aromatic nitrogens is 4.